The molecule has 0 saturated heterocycles. The number of allylic oxidation sites excluding steroid dienone is 2. The van der Waals surface area contributed by atoms with Crippen molar-refractivity contribution in [3.63, 3.8) is 0 Å². The van der Waals surface area contributed by atoms with Gasteiger partial charge in [-0.15, -0.1) is 0 Å². The SMILES string of the molecule is COC(=O)C1CC2CCC13CCCC=C3C2=O. The van der Waals surface area contributed by atoms with Crippen molar-refractivity contribution in [1.29, 1.82) is 0 Å². The third-order valence-corrected chi connectivity index (χ3v) is 4.96. The van der Waals surface area contributed by atoms with Gasteiger partial charge in [-0.1, -0.05) is 6.08 Å². The van der Waals surface area contributed by atoms with Crippen LogP contribution in [-0.2, 0) is 14.3 Å². The zero-order valence-electron chi connectivity index (χ0n) is 10.2. The van der Waals surface area contributed by atoms with Gasteiger partial charge in [-0.25, -0.2) is 0 Å². The molecule has 0 aromatic carbocycles. The van der Waals surface area contributed by atoms with E-state index in [-0.39, 0.29) is 23.2 Å². The Morgan fingerprint density at radius 2 is 2.29 bits per heavy atom. The van der Waals surface area contributed by atoms with Gasteiger partial charge in [0.15, 0.2) is 5.78 Å². The van der Waals surface area contributed by atoms with Crippen molar-refractivity contribution in [3.05, 3.63) is 11.6 Å². The number of carbonyl (C=O) groups excluding carboxylic acids is 2. The number of Topliss-reactive ketones (excluding diaryl/α,β-unsaturated/α-hetero) is 1. The van der Waals surface area contributed by atoms with Crippen LogP contribution in [0, 0.1) is 17.3 Å². The van der Waals surface area contributed by atoms with Crippen LogP contribution in [0.5, 0.6) is 0 Å². The maximum absolute atomic E-state index is 12.3. The van der Waals surface area contributed by atoms with Crippen LogP contribution in [0.4, 0.5) is 0 Å². The molecule has 3 heteroatoms. The molecular formula is C14H18O3. The van der Waals surface area contributed by atoms with Crippen LogP contribution in [0.25, 0.3) is 0 Å². The lowest BCUT2D eigenvalue weighted by molar-refractivity contribution is -0.157. The minimum absolute atomic E-state index is 0.0736. The molecule has 3 atom stereocenters. The molecule has 4 aliphatic carbocycles. The summed E-state index contributed by atoms with van der Waals surface area (Å²) >= 11 is 0. The molecule has 4 rings (SSSR count). The molecule has 0 aliphatic heterocycles. The van der Waals surface area contributed by atoms with Crippen LogP contribution in [0.2, 0.25) is 0 Å². The summed E-state index contributed by atoms with van der Waals surface area (Å²) in [5.41, 5.74) is 0.790. The van der Waals surface area contributed by atoms with E-state index in [0.717, 1.165) is 37.7 Å². The Kier molecular flexibility index (Phi) is 2.39. The molecule has 0 aromatic heterocycles. The van der Waals surface area contributed by atoms with Gasteiger partial charge in [0.1, 0.15) is 0 Å². The molecular weight excluding hydrogens is 216 g/mol. The maximum Gasteiger partial charge on any atom is 0.309 e. The van der Waals surface area contributed by atoms with E-state index in [1.165, 1.54) is 7.11 Å². The highest BCUT2D eigenvalue weighted by molar-refractivity contribution is 6.02. The van der Waals surface area contributed by atoms with Crippen molar-refractivity contribution < 1.29 is 14.3 Å². The average molecular weight is 234 g/mol. The first kappa shape index (κ1) is 11.0. The Bertz CT molecular complexity index is 410. The van der Waals surface area contributed by atoms with Gasteiger partial charge in [-0.3, -0.25) is 9.59 Å². The monoisotopic (exact) mass is 234 g/mol. The van der Waals surface area contributed by atoms with E-state index in [2.05, 4.69) is 6.08 Å². The number of esters is 1. The van der Waals surface area contributed by atoms with Crippen LogP contribution in [-0.4, -0.2) is 18.9 Å². The number of carbonyl (C=O) groups is 2. The van der Waals surface area contributed by atoms with Gasteiger partial charge >= 0.3 is 5.97 Å². The van der Waals surface area contributed by atoms with Crippen LogP contribution in [0.3, 0.4) is 0 Å². The molecule has 3 nitrogen and oxygen atoms in total. The fraction of sp³-hybridized carbons (Fsp3) is 0.714. The second-order valence-electron chi connectivity index (χ2n) is 5.58. The van der Waals surface area contributed by atoms with Crippen LogP contribution in [0.1, 0.15) is 38.5 Å². The Labute approximate surface area is 101 Å². The van der Waals surface area contributed by atoms with E-state index < -0.39 is 0 Å². The Hall–Kier alpha value is -1.12. The predicted octanol–water partition coefficient (Wildman–Crippen LogP) is 2.26. The minimum atomic E-state index is -0.169. The van der Waals surface area contributed by atoms with Gasteiger partial charge in [0.25, 0.3) is 0 Å². The van der Waals surface area contributed by atoms with Crippen molar-refractivity contribution in [2.75, 3.05) is 7.11 Å². The lowest BCUT2D eigenvalue weighted by Crippen LogP contribution is -2.52. The van der Waals surface area contributed by atoms with Crippen molar-refractivity contribution in [1.82, 2.24) is 0 Å². The van der Waals surface area contributed by atoms with Crippen molar-refractivity contribution in [2.45, 2.75) is 38.5 Å². The first-order valence-corrected chi connectivity index (χ1v) is 6.52. The molecule has 17 heavy (non-hydrogen) atoms. The summed E-state index contributed by atoms with van der Waals surface area (Å²) < 4.78 is 4.94. The number of rotatable bonds is 1. The largest absolute Gasteiger partial charge is 0.469 e. The van der Waals surface area contributed by atoms with E-state index >= 15 is 0 Å². The molecule has 92 valence electrons. The van der Waals surface area contributed by atoms with Gasteiger partial charge in [0, 0.05) is 11.3 Å². The third kappa shape index (κ3) is 1.34. The van der Waals surface area contributed by atoms with Gasteiger partial charge in [0.05, 0.1) is 13.0 Å². The zero-order valence-corrected chi connectivity index (χ0v) is 10.2. The number of ether oxygens (including phenoxy) is 1. The van der Waals surface area contributed by atoms with E-state index in [1.54, 1.807) is 0 Å². The van der Waals surface area contributed by atoms with Crippen molar-refractivity contribution >= 4 is 11.8 Å². The Balaban J connectivity index is 2.06. The zero-order chi connectivity index (χ0) is 12.0. The summed E-state index contributed by atoms with van der Waals surface area (Å²) in [5.74, 6) is 0.201. The standard InChI is InChI=1S/C14H18O3/c1-17-13(16)11-8-9-5-7-14(11)6-3-2-4-10(14)12(9)15/h4,9,11H,2-3,5-8H2,1H3. The highest BCUT2D eigenvalue weighted by Crippen LogP contribution is 2.59. The van der Waals surface area contributed by atoms with Crippen LogP contribution >= 0.6 is 0 Å². The number of fused-ring (bicyclic) bond motifs is 2. The van der Waals surface area contributed by atoms with Crippen LogP contribution < -0.4 is 0 Å². The smallest absolute Gasteiger partial charge is 0.309 e. The van der Waals surface area contributed by atoms with Gasteiger partial charge in [-0.05, 0) is 44.1 Å². The van der Waals surface area contributed by atoms with E-state index in [0.29, 0.717) is 12.2 Å². The first-order chi connectivity index (χ1) is 8.19. The lowest BCUT2D eigenvalue weighted by atomic mass is 9.49. The van der Waals surface area contributed by atoms with E-state index in [9.17, 15) is 9.59 Å². The highest BCUT2D eigenvalue weighted by atomic mass is 16.5. The first-order valence-electron chi connectivity index (χ1n) is 6.52. The predicted molar refractivity (Wildman–Crippen MR) is 62.2 cm³/mol. The average Bonchev–Trinajstić information content (AvgIpc) is 2.38. The molecule has 0 amide bonds. The number of hydrogen-bond donors (Lipinski definition) is 0. The second-order valence-corrected chi connectivity index (χ2v) is 5.58. The van der Waals surface area contributed by atoms with E-state index in [1.807, 2.05) is 0 Å². The summed E-state index contributed by atoms with van der Waals surface area (Å²) in [5, 5.41) is 0. The van der Waals surface area contributed by atoms with Crippen molar-refractivity contribution in [2.24, 2.45) is 17.3 Å². The summed E-state index contributed by atoms with van der Waals surface area (Å²) in [6.07, 6.45) is 7.82. The molecule has 4 aliphatic rings. The van der Waals surface area contributed by atoms with Gasteiger partial charge in [-0.2, -0.15) is 0 Å². The third-order valence-electron chi connectivity index (χ3n) is 4.96. The molecule has 0 radical (unpaired) electrons. The number of ketones is 1. The Morgan fingerprint density at radius 1 is 1.47 bits per heavy atom. The van der Waals surface area contributed by atoms with Gasteiger partial charge in [0.2, 0.25) is 0 Å². The highest BCUT2D eigenvalue weighted by Gasteiger charge is 2.57. The second kappa shape index (κ2) is 3.69. The molecule has 0 N–H and O–H groups in total. The minimum Gasteiger partial charge on any atom is -0.469 e. The molecule has 2 bridgehead atoms. The fourth-order valence-corrected chi connectivity index (χ4v) is 4.13. The van der Waals surface area contributed by atoms with E-state index in [4.69, 9.17) is 4.74 Å². The normalized spacial score (nSPS) is 39.6. The maximum atomic E-state index is 12.3. The van der Waals surface area contributed by atoms with Crippen LogP contribution in [0.15, 0.2) is 11.6 Å². The molecule has 3 unspecified atom stereocenters. The summed E-state index contributed by atoms with van der Waals surface area (Å²) in [7, 11) is 1.45. The Morgan fingerprint density at radius 3 is 3.06 bits per heavy atom. The summed E-state index contributed by atoms with van der Waals surface area (Å²) in [6.45, 7) is 0. The summed E-state index contributed by atoms with van der Waals surface area (Å²) in [4.78, 5) is 24.2. The summed E-state index contributed by atoms with van der Waals surface area (Å²) in [6, 6.07) is 0. The topological polar surface area (TPSA) is 43.4 Å². The molecule has 0 heterocycles. The molecule has 3 fully saturated rings. The molecule has 3 saturated carbocycles. The molecule has 0 aromatic rings. The molecule has 1 spiro atoms. The number of hydrogen-bond acceptors (Lipinski definition) is 3. The lowest BCUT2D eigenvalue weighted by Gasteiger charge is -2.53. The van der Waals surface area contributed by atoms with Crippen molar-refractivity contribution in [3.8, 4) is 0 Å². The number of methoxy groups -OCH3 is 1. The fourth-order valence-electron chi connectivity index (χ4n) is 4.13. The van der Waals surface area contributed by atoms with Gasteiger partial charge < -0.3 is 4.74 Å². The quantitative estimate of drug-likeness (QED) is 0.654.